The molecule has 2 unspecified atom stereocenters. The molecule has 9 heteroatoms. The Bertz CT molecular complexity index is 508. The molecule has 1 saturated carbocycles. The van der Waals surface area contributed by atoms with Crippen LogP contribution in [-0.2, 0) is 24.3 Å². The predicted molar refractivity (Wildman–Crippen MR) is 89.0 cm³/mol. The number of sulfonamides is 1. The van der Waals surface area contributed by atoms with Crippen molar-refractivity contribution >= 4 is 21.9 Å². The van der Waals surface area contributed by atoms with Crippen LogP contribution < -0.4 is 10.0 Å². The minimum atomic E-state index is -3.54. The molecule has 1 rings (SSSR count). The zero-order valence-electron chi connectivity index (χ0n) is 14.1. The lowest BCUT2D eigenvalue weighted by molar-refractivity contribution is -0.143. The van der Waals surface area contributed by atoms with Gasteiger partial charge in [0.2, 0.25) is 15.9 Å². The van der Waals surface area contributed by atoms with Gasteiger partial charge in [-0.05, 0) is 19.3 Å². The van der Waals surface area contributed by atoms with Gasteiger partial charge in [-0.15, -0.1) is 0 Å². The topological polar surface area (TPSA) is 122 Å². The van der Waals surface area contributed by atoms with Crippen molar-refractivity contribution < 1.29 is 27.9 Å². The number of aliphatic carboxylic acids is 1. The Hall–Kier alpha value is -1.19. The summed E-state index contributed by atoms with van der Waals surface area (Å²) in [6.45, 7) is -0.0480. The van der Waals surface area contributed by atoms with Gasteiger partial charge in [0.25, 0.3) is 0 Å². The van der Waals surface area contributed by atoms with Crippen LogP contribution in [0.15, 0.2) is 0 Å². The molecule has 0 aromatic carbocycles. The number of carbonyl (C=O) groups is 2. The van der Waals surface area contributed by atoms with Gasteiger partial charge in [-0.2, -0.15) is 0 Å². The highest BCUT2D eigenvalue weighted by molar-refractivity contribution is 7.89. The molecular formula is C15H28N2O6S. The van der Waals surface area contributed by atoms with E-state index in [0.29, 0.717) is 25.9 Å². The van der Waals surface area contributed by atoms with E-state index in [1.807, 2.05) is 0 Å². The molecule has 2 atom stereocenters. The van der Waals surface area contributed by atoms with Gasteiger partial charge in [-0.3, -0.25) is 9.59 Å². The van der Waals surface area contributed by atoms with E-state index in [-0.39, 0.29) is 12.3 Å². The van der Waals surface area contributed by atoms with Crippen LogP contribution in [0.25, 0.3) is 0 Å². The van der Waals surface area contributed by atoms with E-state index in [4.69, 9.17) is 4.74 Å². The first-order valence-electron chi connectivity index (χ1n) is 8.34. The molecule has 24 heavy (non-hydrogen) atoms. The van der Waals surface area contributed by atoms with Gasteiger partial charge in [-0.1, -0.05) is 25.7 Å². The Labute approximate surface area is 143 Å². The lowest BCUT2D eigenvalue weighted by Crippen LogP contribution is -2.47. The zero-order valence-corrected chi connectivity index (χ0v) is 14.9. The minimum Gasteiger partial charge on any atom is -0.481 e. The summed E-state index contributed by atoms with van der Waals surface area (Å²) in [5.41, 5.74) is 0. The first kappa shape index (κ1) is 20.9. The number of nitrogens with one attached hydrogen (secondary N) is 2. The van der Waals surface area contributed by atoms with E-state index in [9.17, 15) is 23.1 Å². The van der Waals surface area contributed by atoms with E-state index in [1.165, 1.54) is 7.11 Å². The number of carbonyl (C=O) groups excluding carboxylic acids is 1. The number of ether oxygens (including phenoxy) is 1. The van der Waals surface area contributed by atoms with Gasteiger partial charge >= 0.3 is 5.97 Å². The van der Waals surface area contributed by atoms with E-state index in [1.54, 1.807) is 0 Å². The maximum atomic E-state index is 12.0. The second-order valence-corrected chi connectivity index (χ2v) is 8.02. The summed E-state index contributed by atoms with van der Waals surface area (Å²) in [6, 6.07) is -0.451. The molecule has 1 aliphatic carbocycles. The van der Waals surface area contributed by atoms with E-state index in [0.717, 1.165) is 25.7 Å². The monoisotopic (exact) mass is 364 g/mol. The largest absolute Gasteiger partial charge is 0.481 e. The van der Waals surface area contributed by atoms with Crippen molar-refractivity contribution in [1.82, 2.24) is 10.0 Å². The number of carboxylic acid groups (broad SMARTS) is 1. The SMILES string of the molecule is COCCCS(=O)(=O)NCC(=O)NC1CCCCCCC1C(=O)O. The van der Waals surface area contributed by atoms with Crippen molar-refractivity contribution in [2.75, 3.05) is 26.0 Å². The van der Waals surface area contributed by atoms with Gasteiger partial charge in [0.05, 0.1) is 18.2 Å². The molecular weight excluding hydrogens is 336 g/mol. The van der Waals surface area contributed by atoms with Crippen molar-refractivity contribution in [3.8, 4) is 0 Å². The van der Waals surface area contributed by atoms with Crippen molar-refractivity contribution in [3.05, 3.63) is 0 Å². The Morgan fingerprint density at radius 3 is 2.46 bits per heavy atom. The number of amides is 1. The Morgan fingerprint density at radius 2 is 1.83 bits per heavy atom. The Balaban J connectivity index is 2.50. The number of hydrogen-bond donors (Lipinski definition) is 3. The molecule has 0 aromatic heterocycles. The third-order valence-corrected chi connectivity index (χ3v) is 5.55. The first-order valence-corrected chi connectivity index (χ1v) is 9.99. The number of methoxy groups -OCH3 is 1. The summed E-state index contributed by atoms with van der Waals surface area (Å²) in [7, 11) is -2.05. The summed E-state index contributed by atoms with van der Waals surface area (Å²) < 4.78 is 30.5. The van der Waals surface area contributed by atoms with Crippen LogP contribution >= 0.6 is 0 Å². The Kier molecular flexibility index (Phi) is 9.24. The molecule has 0 aliphatic heterocycles. The lowest BCUT2D eigenvalue weighted by Gasteiger charge is -2.27. The van der Waals surface area contributed by atoms with Gasteiger partial charge in [0.1, 0.15) is 0 Å². The van der Waals surface area contributed by atoms with Crippen LogP contribution in [-0.4, -0.2) is 57.5 Å². The molecule has 0 spiro atoms. The van der Waals surface area contributed by atoms with E-state index >= 15 is 0 Å². The van der Waals surface area contributed by atoms with Crippen molar-refractivity contribution in [3.63, 3.8) is 0 Å². The van der Waals surface area contributed by atoms with Crippen LogP contribution in [0, 0.1) is 5.92 Å². The standard InChI is InChI=1S/C15H28N2O6S/c1-23-9-6-10-24(21,22)16-11-14(18)17-13-8-5-3-2-4-7-12(13)15(19)20/h12-13,16H,2-11H2,1H3,(H,17,18)(H,19,20). The highest BCUT2D eigenvalue weighted by Crippen LogP contribution is 2.23. The maximum absolute atomic E-state index is 12.0. The molecule has 1 amide bonds. The van der Waals surface area contributed by atoms with Crippen LogP contribution in [0.4, 0.5) is 0 Å². The van der Waals surface area contributed by atoms with Crippen LogP contribution in [0.1, 0.15) is 44.9 Å². The predicted octanol–water partition coefficient (Wildman–Crippen LogP) is 0.482. The minimum absolute atomic E-state index is 0.116. The summed E-state index contributed by atoms with van der Waals surface area (Å²) in [5, 5.41) is 12.0. The summed E-state index contributed by atoms with van der Waals surface area (Å²) in [5.74, 6) is -2.15. The molecule has 3 N–H and O–H groups in total. The van der Waals surface area contributed by atoms with Gasteiger partial charge < -0.3 is 15.2 Å². The summed E-state index contributed by atoms with van der Waals surface area (Å²) >= 11 is 0. The number of carboxylic acids is 1. The van der Waals surface area contributed by atoms with Crippen LogP contribution in [0.2, 0.25) is 0 Å². The summed E-state index contributed by atoms with van der Waals surface area (Å²) in [6.07, 6.45) is 5.19. The van der Waals surface area contributed by atoms with Crippen molar-refractivity contribution in [2.24, 2.45) is 5.92 Å². The van der Waals surface area contributed by atoms with Crippen LogP contribution in [0.3, 0.4) is 0 Å². The smallest absolute Gasteiger partial charge is 0.308 e. The molecule has 1 aliphatic rings. The second-order valence-electron chi connectivity index (χ2n) is 6.10. The third kappa shape index (κ3) is 8.07. The molecule has 1 fully saturated rings. The fourth-order valence-electron chi connectivity index (χ4n) is 2.85. The third-order valence-electron chi connectivity index (χ3n) is 4.14. The van der Waals surface area contributed by atoms with Crippen LogP contribution in [0.5, 0.6) is 0 Å². The zero-order chi connectivity index (χ0) is 18.0. The highest BCUT2D eigenvalue weighted by Gasteiger charge is 2.30. The van der Waals surface area contributed by atoms with Gasteiger partial charge in [0.15, 0.2) is 0 Å². The maximum Gasteiger partial charge on any atom is 0.308 e. The fourth-order valence-corrected chi connectivity index (χ4v) is 3.84. The average Bonchev–Trinajstić information content (AvgIpc) is 2.48. The summed E-state index contributed by atoms with van der Waals surface area (Å²) in [4.78, 5) is 23.4. The molecule has 0 saturated heterocycles. The highest BCUT2D eigenvalue weighted by atomic mass is 32.2. The molecule has 0 bridgehead atoms. The van der Waals surface area contributed by atoms with Gasteiger partial charge in [-0.25, -0.2) is 13.1 Å². The fraction of sp³-hybridized carbons (Fsp3) is 0.867. The molecule has 0 aromatic rings. The van der Waals surface area contributed by atoms with E-state index < -0.39 is 33.9 Å². The quantitative estimate of drug-likeness (QED) is 0.512. The van der Waals surface area contributed by atoms with Crippen molar-refractivity contribution in [2.45, 2.75) is 51.0 Å². The van der Waals surface area contributed by atoms with Gasteiger partial charge in [0, 0.05) is 19.8 Å². The van der Waals surface area contributed by atoms with E-state index in [2.05, 4.69) is 10.0 Å². The first-order chi connectivity index (χ1) is 11.4. The molecule has 8 nitrogen and oxygen atoms in total. The molecule has 0 heterocycles. The average molecular weight is 364 g/mol. The molecule has 0 radical (unpaired) electrons. The number of rotatable bonds is 9. The van der Waals surface area contributed by atoms with Crippen molar-refractivity contribution in [1.29, 1.82) is 0 Å². The normalized spacial score (nSPS) is 22.4. The Morgan fingerprint density at radius 1 is 1.17 bits per heavy atom. The second kappa shape index (κ2) is 10.6. The molecule has 140 valence electrons. The lowest BCUT2D eigenvalue weighted by atomic mass is 9.87. The number of hydrogen-bond acceptors (Lipinski definition) is 5.